The van der Waals surface area contributed by atoms with Crippen molar-refractivity contribution in [2.24, 2.45) is 11.8 Å². The summed E-state index contributed by atoms with van der Waals surface area (Å²) in [5.41, 5.74) is 0. The van der Waals surface area contributed by atoms with Gasteiger partial charge in [-0.3, -0.25) is 0 Å². The number of alkyl halides is 3. The number of urea groups is 1. The van der Waals surface area contributed by atoms with Crippen LogP contribution in [0.25, 0.3) is 0 Å². The van der Waals surface area contributed by atoms with Gasteiger partial charge in [-0.1, -0.05) is 0 Å². The molecule has 1 saturated heterocycles. The molecule has 1 N–H and O–H groups in total. The monoisotopic (exact) mass is 321 g/mol. The van der Waals surface area contributed by atoms with E-state index in [-0.39, 0.29) is 24.9 Å². The Labute approximate surface area is 130 Å². The highest BCUT2D eigenvalue weighted by Gasteiger charge is 2.41. The van der Waals surface area contributed by atoms with Crippen LogP contribution in [0, 0.1) is 11.8 Å². The Morgan fingerprint density at radius 1 is 1.18 bits per heavy atom. The third kappa shape index (κ3) is 4.76. The average Bonchev–Trinajstić information content (AvgIpc) is 2.86. The lowest BCUT2D eigenvalue weighted by molar-refractivity contribution is -0.182. The van der Waals surface area contributed by atoms with Gasteiger partial charge in [0.1, 0.15) is 0 Å². The minimum absolute atomic E-state index is 0.112. The zero-order valence-corrected chi connectivity index (χ0v) is 13.3. The molecule has 1 aliphatic carbocycles. The van der Waals surface area contributed by atoms with Gasteiger partial charge >= 0.3 is 12.2 Å². The Hall–Kier alpha value is -0.980. The van der Waals surface area contributed by atoms with Crippen LogP contribution >= 0.6 is 0 Å². The average molecular weight is 321 g/mol. The van der Waals surface area contributed by atoms with E-state index >= 15 is 0 Å². The van der Waals surface area contributed by atoms with Crippen LogP contribution in [0.2, 0.25) is 0 Å². The zero-order chi connectivity index (χ0) is 16.3. The van der Waals surface area contributed by atoms with Gasteiger partial charge in [0.2, 0.25) is 0 Å². The van der Waals surface area contributed by atoms with Crippen LogP contribution in [-0.4, -0.2) is 61.8 Å². The van der Waals surface area contributed by atoms with Crippen molar-refractivity contribution in [2.45, 2.75) is 44.3 Å². The highest BCUT2D eigenvalue weighted by molar-refractivity contribution is 5.74. The van der Waals surface area contributed by atoms with Crippen molar-refractivity contribution < 1.29 is 18.0 Å². The van der Waals surface area contributed by atoms with Crippen molar-refractivity contribution in [3.05, 3.63) is 0 Å². The molecule has 0 spiro atoms. The molecular formula is C15H26F3N3O. The van der Waals surface area contributed by atoms with E-state index < -0.39 is 12.1 Å². The predicted octanol–water partition coefficient (Wildman–Crippen LogP) is 2.70. The summed E-state index contributed by atoms with van der Waals surface area (Å²) < 4.78 is 37.9. The molecule has 1 atom stereocenters. The normalized spacial score (nSPS) is 29.9. The number of nitrogens with zero attached hydrogens (tertiary/aromatic N) is 2. The molecule has 0 bridgehead atoms. The molecule has 0 aromatic rings. The summed E-state index contributed by atoms with van der Waals surface area (Å²) in [4.78, 5) is 16.1. The smallest absolute Gasteiger partial charge is 0.335 e. The van der Waals surface area contributed by atoms with E-state index in [0.717, 1.165) is 26.1 Å². The van der Waals surface area contributed by atoms with E-state index in [9.17, 15) is 18.0 Å². The maximum Gasteiger partial charge on any atom is 0.391 e. The van der Waals surface area contributed by atoms with Crippen LogP contribution in [0.1, 0.15) is 32.1 Å². The van der Waals surface area contributed by atoms with Gasteiger partial charge in [0.25, 0.3) is 0 Å². The predicted molar refractivity (Wildman–Crippen MR) is 78.6 cm³/mol. The summed E-state index contributed by atoms with van der Waals surface area (Å²) in [5.74, 6) is -0.710. The second-order valence-corrected chi connectivity index (χ2v) is 6.90. The van der Waals surface area contributed by atoms with Crippen LogP contribution < -0.4 is 5.32 Å². The SMILES string of the molecule is CN(C)C[C@H]1CCN(C(=O)NC2CCC(C(F)(F)F)CC2)C1. The lowest BCUT2D eigenvalue weighted by Crippen LogP contribution is -2.46. The molecule has 4 nitrogen and oxygen atoms in total. The van der Waals surface area contributed by atoms with Gasteiger partial charge in [-0.15, -0.1) is 0 Å². The van der Waals surface area contributed by atoms with E-state index in [0.29, 0.717) is 18.8 Å². The molecular weight excluding hydrogens is 295 g/mol. The minimum atomic E-state index is -4.09. The lowest BCUT2D eigenvalue weighted by atomic mass is 9.85. The number of nitrogens with one attached hydrogen (secondary N) is 1. The van der Waals surface area contributed by atoms with Crippen LogP contribution in [-0.2, 0) is 0 Å². The fraction of sp³-hybridized carbons (Fsp3) is 0.933. The summed E-state index contributed by atoms with van der Waals surface area (Å²) in [5, 5.41) is 2.91. The van der Waals surface area contributed by atoms with Gasteiger partial charge in [0, 0.05) is 25.7 Å². The molecule has 7 heteroatoms. The molecule has 22 heavy (non-hydrogen) atoms. The number of amides is 2. The molecule has 0 radical (unpaired) electrons. The summed E-state index contributed by atoms with van der Waals surface area (Å²) in [6.45, 7) is 2.44. The van der Waals surface area contributed by atoms with Gasteiger partial charge in [-0.05, 0) is 52.1 Å². The van der Waals surface area contributed by atoms with Crippen LogP contribution in [0.5, 0.6) is 0 Å². The standard InChI is InChI=1S/C15H26F3N3O/c1-20(2)9-11-7-8-21(10-11)14(22)19-13-5-3-12(4-6-13)15(16,17)18/h11-13H,3-10H2,1-2H3,(H,19,22)/t11-,12?,13?/m1/s1. The first-order valence-corrected chi connectivity index (χ1v) is 8.02. The van der Waals surface area contributed by atoms with Crippen molar-refractivity contribution in [3.8, 4) is 0 Å². The molecule has 1 saturated carbocycles. The number of hydrogen-bond acceptors (Lipinski definition) is 2. The second kappa shape index (κ2) is 7.06. The van der Waals surface area contributed by atoms with Gasteiger partial charge in [-0.2, -0.15) is 13.2 Å². The molecule has 1 aliphatic heterocycles. The van der Waals surface area contributed by atoms with Gasteiger partial charge in [-0.25, -0.2) is 4.79 Å². The van der Waals surface area contributed by atoms with Gasteiger partial charge < -0.3 is 15.1 Å². The van der Waals surface area contributed by atoms with Crippen LogP contribution in [0.3, 0.4) is 0 Å². The Kier molecular flexibility index (Phi) is 5.58. The number of likely N-dealkylation sites (tertiary alicyclic amines) is 1. The fourth-order valence-electron chi connectivity index (χ4n) is 3.51. The third-order valence-electron chi connectivity index (χ3n) is 4.71. The maximum atomic E-state index is 12.6. The Balaban J connectivity index is 1.73. The molecule has 0 aromatic heterocycles. The minimum Gasteiger partial charge on any atom is -0.335 e. The van der Waals surface area contributed by atoms with Crippen molar-refractivity contribution in [1.29, 1.82) is 0 Å². The van der Waals surface area contributed by atoms with Crippen molar-refractivity contribution >= 4 is 6.03 Å². The highest BCUT2D eigenvalue weighted by atomic mass is 19.4. The Bertz CT molecular complexity index is 379. The summed E-state index contributed by atoms with van der Waals surface area (Å²) in [6, 6.07) is -0.226. The largest absolute Gasteiger partial charge is 0.391 e. The molecule has 128 valence electrons. The zero-order valence-electron chi connectivity index (χ0n) is 13.3. The first-order valence-electron chi connectivity index (χ1n) is 8.02. The lowest BCUT2D eigenvalue weighted by Gasteiger charge is -2.31. The number of hydrogen-bond donors (Lipinski definition) is 1. The van der Waals surface area contributed by atoms with Crippen molar-refractivity contribution in [2.75, 3.05) is 33.7 Å². The second-order valence-electron chi connectivity index (χ2n) is 6.90. The number of rotatable bonds is 3. The number of carbonyl (C=O) groups excluding carboxylic acids is 1. The van der Waals surface area contributed by atoms with Gasteiger partial charge in [0.05, 0.1) is 5.92 Å². The van der Waals surface area contributed by atoms with Crippen molar-refractivity contribution in [3.63, 3.8) is 0 Å². The molecule has 2 fully saturated rings. The molecule has 2 aliphatic rings. The summed E-state index contributed by atoms with van der Waals surface area (Å²) >= 11 is 0. The number of halogens is 3. The van der Waals surface area contributed by atoms with Crippen LogP contribution in [0.4, 0.5) is 18.0 Å². The first-order chi connectivity index (χ1) is 10.3. The van der Waals surface area contributed by atoms with Crippen LogP contribution in [0.15, 0.2) is 0 Å². The third-order valence-corrected chi connectivity index (χ3v) is 4.71. The maximum absolute atomic E-state index is 12.6. The fourth-order valence-corrected chi connectivity index (χ4v) is 3.51. The highest BCUT2D eigenvalue weighted by Crippen LogP contribution is 2.37. The van der Waals surface area contributed by atoms with E-state index in [2.05, 4.69) is 10.2 Å². The molecule has 2 amide bonds. The molecule has 0 aromatic carbocycles. The number of carbonyl (C=O) groups is 1. The quantitative estimate of drug-likeness (QED) is 0.867. The Morgan fingerprint density at radius 3 is 2.36 bits per heavy atom. The topological polar surface area (TPSA) is 35.6 Å². The van der Waals surface area contributed by atoms with Crippen molar-refractivity contribution in [1.82, 2.24) is 15.1 Å². The van der Waals surface area contributed by atoms with E-state index in [1.165, 1.54) is 0 Å². The van der Waals surface area contributed by atoms with Gasteiger partial charge in [0.15, 0.2) is 0 Å². The first kappa shape index (κ1) is 17.4. The Morgan fingerprint density at radius 2 is 1.82 bits per heavy atom. The molecule has 2 rings (SSSR count). The molecule has 1 heterocycles. The van der Waals surface area contributed by atoms with E-state index in [1.807, 2.05) is 14.1 Å². The summed E-state index contributed by atoms with van der Waals surface area (Å²) in [6.07, 6.45) is -2.01. The van der Waals surface area contributed by atoms with E-state index in [4.69, 9.17) is 0 Å². The summed E-state index contributed by atoms with van der Waals surface area (Å²) in [7, 11) is 4.03. The molecule has 0 unspecified atom stereocenters. The van der Waals surface area contributed by atoms with E-state index in [1.54, 1.807) is 4.90 Å².